The Labute approximate surface area is 123 Å². The number of carbonyl (C=O) groups is 1. The molecule has 20 heavy (non-hydrogen) atoms. The molecule has 0 aliphatic heterocycles. The molecule has 1 aromatic carbocycles. The van der Waals surface area contributed by atoms with Crippen molar-refractivity contribution in [2.24, 2.45) is 0 Å². The average molecular weight is 303 g/mol. The lowest BCUT2D eigenvalue weighted by molar-refractivity contribution is 0.252. The molecule has 0 aliphatic rings. The summed E-state index contributed by atoms with van der Waals surface area (Å²) in [6.45, 7) is 0.514. The van der Waals surface area contributed by atoms with E-state index in [-0.39, 0.29) is 6.03 Å². The molecule has 0 aliphatic carbocycles. The zero-order valence-electron chi connectivity index (χ0n) is 11.8. The van der Waals surface area contributed by atoms with Gasteiger partial charge in [0.2, 0.25) is 5.75 Å². The molecule has 1 aromatic rings. The Balaban J connectivity index is 2.82. The molecule has 1 rings (SSSR count). The number of rotatable bonds is 7. The van der Waals surface area contributed by atoms with Gasteiger partial charge in [0.1, 0.15) is 0 Å². The highest BCUT2D eigenvalue weighted by Gasteiger charge is 2.14. The van der Waals surface area contributed by atoms with Crippen LogP contribution in [-0.4, -0.2) is 39.8 Å². The maximum atomic E-state index is 11.7. The molecule has 0 spiro atoms. The van der Waals surface area contributed by atoms with E-state index in [4.69, 9.17) is 25.8 Å². The zero-order chi connectivity index (χ0) is 15.0. The smallest absolute Gasteiger partial charge is 0.319 e. The van der Waals surface area contributed by atoms with Crippen molar-refractivity contribution in [1.82, 2.24) is 5.32 Å². The van der Waals surface area contributed by atoms with Gasteiger partial charge in [-0.15, -0.1) is 11.6 Å². The molecule has 112 valence electrons. The van der Waals surface area contributed by atoms with Gasteiger partial charge in [-0.05, 0) is 6.42 Å². The lowest BCUT2D eigenvalue weighted by Crippen LogP contribution is -2.29. The summed E-state index contributed by atoms with van der Waals surface area (Å²) in [5.41, 5.74) is 0.544. The van der Waals surface area contributed by atoms with Gasteiger partial charge >= 0.3 is 6.03 Å². The second-order valence-electron chi connectivity index (χ2n) is 3.84. The fourth-order valence-electron chi connectivity index (χ4n) is 1.60. The monoisotopic (exact) mass is 302 g/mol. The predicted molar refractivity (Wildman–Crippen MR) is 78.5 cm³/mol. The van der Waals surface area contributed by atoms with Gasteiger partial charge in [-0.2, -0.15) is 0 Å². The molecule has 0 bridgehead atoms. The van der Waals surface area contributed by atoms with Crippen molar-refractivity contribution in [1.29, 1.82) is 0 Å². The van der Waals surface area contributed by atoms with Gasteiger partial charge in [0.05, 0.1) is 27.0 Å². The number of urea groups is 1. The van der Waals surface area contributed by atoms with Crippen molar-refractivity contribution < 1.29 is 19.0 Å². The molecule has 0 saturated carbocycles. The number of anilines is 1. The number of methoxy groups -OCH3 is 3. The minimum absolute atomic E-state index is 0.315. The summed E-state index contributed by atoms with van der Waals surface area (Å²) in [6, 6.07) is 3.00. The van der Waals surface area contributed by atoms with E-state index >= 15 is 0 Å². The molecular formula is C13H19ClN2O4. The summed E-state index contributed by atoms with van der Waals surface area (Å²) < 4.78 is 15.6. The van der Waals surface area contributed by atoms with Crippen molar-refractivity contribution in [3.05, 3.63) is 12.1 Å². The Morgan fingerprint density at radius 3 is 2.20 bits per heavy atom. The van der Waals surface area contributed by atoms with Gasteiger partial charge in [-0.25, -0.2) is 4.79 Å². The summed E-state index contributed by atoms with van der Waals surface area (Å²) in [5.74, 6) is 1.93. The lowest BCUT2D eigenvalue weighted by Gasteiger charge is -2.14. The van der Waals surface area contributed by atoms with E-state index < -0.39 is 0 Å². The van der Waals surface area contributed by atoms with E-state index in [9.17, 15) is 4.79 Å². The van der Waals surface area contributed by atoms with Gasteiger partial charge < -0.3 is 24.8 Å². The van der Waals surface area contributed by atoms with Crippen LogP contribution >= 0.6 is 11.6 Å². The highest BCUT2D eigenvalue weighted by Crippen LogP contribution is 2.39. The molecule has 2 amide bonds. The number of nitrogens with one attached hydrogen (secondary N) is 2. The number of hydrogen-bond donors (Lipinski definition) is 2. The van der Waals surface area contributed by atoms with E-state index in [0.717, 1.165) is 0 Å². The third kappa shape index (κ3) is 4.38. The Morgan fingerprint density at radius 1 is 1.15 bits per heavy atom. The van der Waals surface area contributed by atoms with Crippen LogP contribution in [0, 0.1) is 0 Å². The van der Waals surface area contributed by atoms with E-state index in [1.165, 1.54) is 21.3 Å². The van der Waals surface area contributed by atoms with Crippen molar-refractivity contribution in [2.75, 3.05) is 39.1 Å². The van der Waals surface area contributed by atoms with Crippen LogP contribution in [0.5, 0.6) is 17.2 Å². The first-order valence-corrected chi connectivity index (χ1v) is 6.60. The van der Waals surface area contributed by atoms with Crippen molar-refractivity contribution in [2.45, 2.75) is 6.42 Å². The largest absolute Gasteiger partial charge is 0.493 e. The first-order chi connectivity index (χ1) is 9.65. The van der Waals surface area contributed by atoms with E-state index in [2.05, 4.69) is 10.6 Å². The third-order valence-corrected chi connectivity index (χ3v) is 2.79. The second-order valence-corrected chi connectivity index (χ2v) is 4.22. The molecule has 0 saturated heterocycles. The highest BCUT2D eigenvalue weighted by atomic mass is 35.5. The molecule has 7 heteroatoms. The Kier molecular flexibility index (Phi) is 6.79. The number of carbonyl (C=O) groups excluding carboxylic acids is 1. The predicted octanol–water partition coefficient (Wildman–Crippen LogP) is 2.46. The summed E-state index contributed by atoms with van der Waals surface area (Å²) >= 11 is 5.54. The quantitative estimate of drug-likeness (QED) is 0.600. The highest BCUT2D eigenvalue weighted by molar-refractivity contribution is 6.17. The Morgan fingerprint density at radius 2 is 1.75 bits per heavy atom. The summed E-state index contributed by atoms with van der Waals surface area (Å²) in [4.78, 5) is 11.7. The zero-order valence-corrected chi connectivity index (χ0v) is 12.5. The lowest BCUT2D eigenvalue weighted by atomic mass is 10.2. The maximum Gasteiger partial charge on any atom is 0.319 e. The second kappa shape index (κ2) is 8.37. The van der Waals surface area contributed by atoms with Crippen LogP contribution in [0.1, 0.15) is 6.42 Å². The van der Waals surface area contributed by atoms with Gasteiger partial charge in [-0.1, -0.05) is 0 Å². The van der Waals surface area contributed by atoms with Crippen LogP contribution in [0.3, 0.4) is 0 Å². The maximum absolute atomic E-state index is 11.7. The van der Waals surface area contributed by atoms with Crippen molar-refractivity contribution >= 4 is 23.3 Å². The summed E-state index contributed by atoms with van der Waals surface area (Å²) in [6.07, 6.45) is 0.713. The number of hydrogen-bond acceptors (Lipinski definition) is 4. The fourth-order valence-corrected chi connectivity index (χ4v) is 1.73. The van der Waals surface area contributed by atoms with Crippen LogP contribution in [0.2, 0.25) is 0 Å². The van der Waals surface area contributed by atoms with Crippen LogP contribution in [0.15, 0.2) is 12.1 Å². The molecule has 0 heterocycles. The minimum atomic E-state index is -0.315. The number of alkyl halides is 1. The first-order valence-electron chi connectivity index (χ1n) is 6.07. The van der Waals surface area contributed by atoms with E-state index in [1.807, 2.05) is 0 Å². The van der Waals surface area contributed by atoms with Gasteiger partial charge in [-0.3, -0.25) is 0 Å². The van der Waals surface area contributed by atoms with Crippen LogP contribution < -0.4 is 24.8 Å². The van der Waals surface area contributed by atoms with Gasteiger partial charge in [0.15, 0.2) is 11.5 Å². The van der Waals surface area contributed by atoms with Crippen LogP contribution in [0.4, 0.5) is 10.5 Å². The van der Waals surface area contributed by atoms with Crippen molar-refractivity contribution in [3.8, 4) is 17.2 Å². The van der Waals surface area contributed by atoms with E-state index in [1.54, 1.807) is 12.1 Å². The number of ether oxygens (including phenoxy) is 3. The number of halogens is 1. The van der Waals surface area contributed by atoms with E-state index in [0.29, 0.717) is 41.8 Å². The van der Waals surface area contributed by atoms with Crippen LogP contribution in [-0.2, 0) is 0 Å². The number of amides is 2. The first kappa shape index (κ1) is 16.2. The molecule has 2 N–H and O–H groups in total. The fraction of sp³-hybridized carbons (Fsp3) is 0.462. The standard InChI is InChI=1S/C13H19ClN2O4/c1-18-10-7-9(8-11(19-2)12(10)20-3)16-13(17)15-6-4-5-14/h7-8H,4-6H2,1-3H3,(H2,15,16,17). The number of benzene rings is 1. The molecule has 0 fully saturated rings. The average Bonchev–Trinajstić information content (AvgIpc) is 2.46. The third-order valence-electron chi connectivity index (χ3n) is 2.52. The topological polar surface area (TPSA) is 68.8 Å². The molecule has 0 aromatic heterocycles. The molecule has 0 radical (unpaired) electrons. The molecule has 0 atom stereocenters. The Hall–Kier alpha value is -1.82. The van der Waals surface area contributed by atoms with Gasteiger partial charge in [0.25, 0.3) is 0 Å². The summed E-state index contributed by atoms with van der Waals surface area (Å²) in [7, 11) is 4.55. The molecular weight excluding hydrogens is 284 g/mol. The normalized spacial score (nSPS) is 9.80. The van der Waals surface area contributed by atoms with Crippen molar-refractivity contribution in [3.63, 3.8) is 0 Å². The molecule has 0 unspecified atom stereocenters. The summed E-state index contributed by atoms with van der Waals surface area (Å²) in [5, 5.41) is 5.38. The SMILES string of the molecule is COc1cc(NC(=O)NCCCCl)cc(OC)c1OC. The Bertz CT molecular complexity index is 429. The van der Waals surface area contributed by atoms with Crippen LogP contribution in [0.25, 0.3) is 0 Å². The molecule has 6 nitrogen and oxygen atoms in total. The van der Waals surface area contributed by atoms with Gasteiger partial charge in [0, 0.05) is 24.6 Å². The minimum Gasteiger partial charge on any atom is -0.493 e.